The second kappa shape index (κ2) is 6.40. The van der Waals surface area contributed by atoms with Crippen molar-refractivity contribution in [1.29, 1.82) is 0 Å². The van der Waals surface area contributed by atoms with Gasteiger partial charge >= 0.3 is 0 Å². The number of nitrogens with zero attached hydrogens (tertiary/aromatic N) is 1. The Kier molecular flexibility index (Phi) is 4.59. The van der Waals surface area contributed by atoms with Gasteiger partial charge in [-0.15, -0.1) is 0 Å². The lowest BCUT2D eigenvalue weighted by Gasteiger charge is -2.07. The Morgan fingerprint density at radius 3 is 2.57 bits per heavy atom. The van der Waals surface area contributed by atoms with Gasteiger partial charge < -0.3 is 10.3 Å². The van der Waals surface area contributed by atoms with E-state index < -0.39 is 10.0 Å². The van der Waals surface area contributed by atoms with Crippen LogP contribution in [0.25, 0.3) is 0 Å². The van der Waals surface area contributed by atoms with Crippen molar-refractivity contribution in [1.82, 2.24) is 15.3 Å². The lowest BCUT2D eigenvalue weighted by molar-refractivity contribution is -0.120. The number of carbonyl (C=O) groups excluding carboxylic acids is 1. The first-order chi connectivity index (χ1) is 10.0. The van der Waals surface area contributed by atoms with Gasteiger partial charge in [-0.05, 0) is 24.6 Å². The molecule has 8 heteroatoms. The molecule has 21 heavy (non-hydrogen) atoms. The molecule has 3 N–H and O–H groups in total. The summed E-state index contributed by atoms with van der Waals surface area (Å²) in [6, 6.07) is 6.64. The van der Waals surface area contributed by atoms with Gasteiger partial charge in [0.2, 0.25) is 5.91 Å². The first kappa shape index (κ1) is 15.0. The van der Waals surface area contributed by atoms with Crippen LogP contribution in [0, 0.1) is 0 Å². The summed E-state index contributed by atoms with van der Waals surface area (Å²) in [5.41, 5.74) is 1.23. The van der Waals surface area contributed by atoms with Crippen molar-refractivity contribution in [2.45, 2.75) is 18.4 Å². The number of anilines is 1. The van der Waals surface area contributed by atoms with E-state index in [0.717, 1.165) is 5.56 Å². The number of likely N-dealkylation sites (N-methyl/N-ethyl adjacent to an activating group) is 1. The fraction of sp³-hybridized carbons (Fsp3) is 0.231. The van der Waals surface area contributed by atoms with Crippen LogP contribution < -0.4 is 10.0 Å². The van der Waals surface area contributed by atoms with E-state index in [-0.39, 0.29) is 17.4 Å². The van der Waals surface area contributed by atoms with Crippen LogP contribution in [-0.4, -0.2) is 30.8 Å². The minimum atomic E-state index is -3.66. The first-order valence-electron chi connectivity index (χ1n) is 6.38. The Hall–Kier alpha value is -2.35. The lowest BCUT2D eigenvalue weighted by Crippen LogP contribution is -2.24. The van der Waals surface area contributed by atoms with E-state index in [1.807, 2.05) is 6.92 Å². The molecule has 2 rings (SSSR count). The maximum Gasteiger partial charge on any atom is 0.278 e. The molecule has 0 saturated carbocycles. The summed E-state index contributed by atoms with van der Waals surface area (Å²) < 4.78 is 26.4. The molecule has 1 aromatic heterocycles. The van der Waals surface area contributed by atoms with Crippen LogP contribution in [-0.2, 0) is 21.2 Å². The van der Waals surface area contributed by atoms with Gasteiger partial charge in [0.25, 0.3) is 10.0 Å². The summed E-state index contributed by atoms with van der Waals surface area (Å²) in [6.45, 7) is 2.44. The van der Waals surface area contributed by atoms with Gasteiger partial charge in [-0.2, -0.15) is 8.42 Å². The van der Waals surface area contributed by atoms with Crippen LogP contribution in [0.3, 0.4) is 0 Å². The van der Waals surface area contributed by atoms with E-state index >= 15 is 0 Å². The van der Waals surface area contributed by atoms with Crippen LogP contribution in [0.2, 0.25) is 0 Å². The third-order valence-corrected chi connectivity index (χ3v) is 4.01. The van der Waals surface area contributed by atoms with Crippen LogP contribution in [0.5, 0.6) is 0 Å². The standard InChI is InChI=1S/C13H16N4O3S/c1-2-15-12(18)7-10-3-5-11(6-4-10)17-21(19,20)13-8-14-9-16-13/h3-6,8-9,17H,2,7H2,1H3,(H,14,16)(H,15,18). The van der Waals surface area contributed by atoms with Gasteiger partial charge in [-0.25, -0.2) is 4.98 Å². The minimum absolute atomic E-state index is 0.00565. The molecular formula is C13H16N4O3S. The highest BCUT2D eigenvalue weighted by Crippen LogP contribution is 2.15. The van der Waals surface area contributed by atoms with Crippen molar-refractivity contribution >= 4 is 21.6 Å². The molecule has 0 atom stereocenters. The molecule has 2 aromatic rings. The van der Waals surface area contributed by atoms with E-state index in [2.05, 4.69) is 20.0 Å². The number of aromatic amines is 1. The molecule has 0 fully saturated rings. The summed E-state index contributed by atoms with van der Waals surface area (Å²) in [7, 11) is -3.66. The SMILES string of the molecule is CCNC(=O)Cc1ccc(NS(=O)(=O)c2cnc[nH]2)cc1. The average Bonchev–Trinajstić information content (AvgIpc) is 2.96. The van der Waals surface area contributed by atoms with Gasteiger partial charge in [0.05, 0.1) is 18.9 Å². The number of sulfonamides is 1. The van der Waals surface area contributed by atoms with E-state index in [9.17, 15) is 13.2 Å². The molecule has 0 unspecified atom stereocenters. The lowest BCUT2D eigenvalue weighted by atomic mass is 10.1. The fourth-order valence-corrected chi connectivity index (χ4v) is 2.70. The average molecular weight is 308 g/mol. The van der Waals surface area contributed by atoms with E-state index in [1.165, 1.54) is 12.5 Å². The number of amides is 1. The second-order valence-electron chi connectivity index (χ2n) is 4.35. The Morgan fingerprint density at radius 1 is 1.29 bits per heavy atom. The molecule has 0 radical (unpaired) electrons. The molecule has 1 aromatic carbocycles. The molecule has 0 bridgehead atoms. The van der Waals surface area contributed by atoms with Gasteiger partial charge in [-0.1, -0.05) is 12.1 Å². The molecule has 0 aliphatic rings. The van der Waals surface area contributed by atoms with Crippen molar-refractivity contribution in [3.63, 3.8) is 0 Å². The highest BCUT2D eigenvalue weighted by Gasteiger charge is 2.15. The number of aromatic nitrogens is 2. The van der Waals surface area contributed by atoms with Gasteiger partial charge in [0, 0.05) is 12.2 Å². The highest BCUT2D eigenvalue weighted by molar-refractivity contribution is 7.92. The number of imidazole rings is 1. The van der Waals surface area contributed by atoms with E-state index in [4.69, 9.17) is 0 Å². The number of hydrogen-bond acceptors (Lipinski definition) is 4. The first-order valence-corrected chi connectivity index (χ1v) is 7.86. The van der Waals surface area contributed by atoms with Gasteiger partial charge in [0.15, 0.2) is 5.03 Å². The van der Waals surface area contributed by atoms with Crippen LogP contribution in [0.4, 0.5) is 5.69 Å². The molecule has 7 nitrogen and oxygen atoms in total. The molecular weight excluding hydrogens is 292 g/mol. The van der Waals surface area contributed by atoms with E-state index in [0.29, 0.717) is 12.2 Å². The Bertz CT molecular complexity index is 694. The highest BCUT2D eigenvalue weighted by atomic mass is 32.2. The summed E-state index contributed by atoms with van der Waals surface area (Å²) in [4.78, 5) is 17.7. The maximum atomic E-state index is 12.0. The quantitative estimate of drug-likeness (QED) is 0.737. The van der Waals surface area contributed by atoms with Crippen molar-refractivity contribution < 1.29 is 13.2 Å². The number of nitrogens with one attached hydrogen (secondary N) is 3. The van der Waals surface area contributed by atoms with Crippen molar-refractivity contribution in [2.75, 3.05) is 11.3 Å². The summed E-state index contributed by atoms with van der Waals surface area (Å²) >= 11 is 0. The third-order valence-electron chi connectivity index (χ3n) is 2.71. The largest absolute Gasteiger partial charge is 0.356 e. The smallest absolute Gasteiger partial charge is 0.278 e. The number of hydrogen-bond donors (Lipinski definition) is 3. The van der Waals surface area contributed by atoms with E-state index in [1.54, 1.807) is 24.3 Å². The summed E-state index contributed by atoms with van der Waals surface area (Å²) in [5.74, 6) is -0.0664. The molecule has 1 heterocycles. The number of rotatable bonds is 6. The molecule has 0 spiro atoms. The summed E-state index contributed by atoms with van der Waals surface area (Å²) in [5, 5.41) is 2.70. The summed E-state index contributed by atoms with van der Waals surface area (Å²) in [6.07, 6.45) is 2.79. The van der Waals surface area contributed by atoms with Crippen LogP contribution in [0.1, 0.15) is 12.5 Å². The van der Waals surface area contributed by atoms with Crippen molar-refractivity contribution in [3.05, 3.63) is 42.4 Å². The number of H-pyrrole nitrogens is 1. The van der Waals surface area contributed by atoms with Crippen molar-refractivity contribution in [2.24, 2.45) is 0 Å². The van der Waals surface area contributed by atoms with Gasteiger partial charge in [0.1, 0.15) is 0 Å². The van der Waals surface area contributed by atoms with Crippen LogP contribution in [0.15, 0.2) is 41.8 Å². The molecule has 0 saturated heterocycles. The van der Waals surface area contributed by atoms with Crippen molar-refractivity contribution in [3.8, 4) is 0 Å². The fourth-order valence-electron chi connectivity index (χ4n) is 1.74. The molecule has 112 valence electrons. The predicted molar refractivity (Wildman–Crippen MR) is 78.2 cm³/mol. The zero-order valence-electron chi connectivity index (χ0n) is 11.5. The topological polar surface area (TPSA) is 104 Å². The monoisotopic (exact) mass is 308 g/mol. The Labute approximate surface area is 122 Å². The third kappa shape index (κ3) is 4.06. The predicted octanol–water partition coefficient (Wildman–Crippen LogP) is 0.889. The Morgan fingerprint density at radius 2 is 2.00 bits per heavy atom. The molecule has 0 aliphatic heterocycles. The normalized spacial score (nSPS) is 11.1. The molecule has 0 aliphatic carbocycles. The van der Waals surface area contributed by atoms with Crippen LogP contribution >= 0.6 is 0 Å². The zero-order chi connectivity index (χ0) is 15.3. The minimum Gasteiger partial charge on any atom is -0.356 e. The number of benzene rings is 1. The second-order valence-corrected chi connectivity index (χ2v) is 6.00. The van der Waals surface area contributed by atoms with Gasteiger partial charge in [-0.3, -0.25) is 9.52 Å². The maximum absolute atomic E-state index is 12.0. The Balaban J connectivity index is 2.04. The number of carbonyl (C=O) groups is 1. The molecule has 1 amide bonds. The zero-order valence-corrected chi connectivity index (χ0v) is 12.3.